The average Bonchev–Trinajstić information content (AvgIpc) is 2.66. The lowest BCUT2D eigenvalue weighted by Gasteiger charge is -2.36. The van der Waals surface area contributed by atoms with Gasteiger partial charge in [-0.15, -0.1) is 0 Å². The highest BCUT2D eigenvalue weighted by molar-refractivity contribution is 4.97. The molecule has 1 fully saturated rings. The SMILES string of the molecule is CCCNC1C(CN(CCOC)C(C)C)CCC1(C)C. The van der Waals surface area contributed by atoms with Crippen LogP contribution >= 0.6 is 0 Å². The van der Waals surface area contributed by atoms with E-state index >= 15 is 0 Å². The number of ether oxygens (including phenoxy) is 1. The van der Waals surface area contributed by atoms with Gasteiger partial charge in [-0.3, -0.25) is 4.90 Å². The third-order valence-electron chi connectivity index (χ3n) is 4.87. The number of hydrogen-bond acceptors (Lipinski definition) is 3. The van der Waals surface area contributed by atoms with Crippen LogP contribution in [0.1, 0.15) is 53.9 Å². The van der Waals surface area contributed by atoms with E-state index in [1.807, 2.05) is 0 Å². The molecule has 0 heterocycles. The first kappa shape index (κ1) is 17.9. The molecule has 2 unspecified atom stereocenters. The standard InChI is InChI=1S/C17H36N2O/c1-7-10-18-16-15(8-9-17(16,4)5)13-19(14(2)3)11-12-20-6/h14-16,18H,7-13H2,1-6H3. The lowest BCUT2D eigenvalue weighted by atomic mass is 9.84. The van der Waals surface area contributed by atoms with Crippen LogP contribution in [0.2, 0.25) is 0 Å². The highest BCUT2D eigenvalue weighted by Gasteiger charge is 2.41. The van der Waals surface area contributed by atoms with Crippen LogP contribution in [0, 0.1) is 11.3 Å². The monoisotopic (exact) mass is 284 g/mol. The van der Waals surface area contributed by atoms with Crippen molar-refractivity contribution >= 4 is 0 Å². The summed E-state index contributed by atoms with van der Waals surface area (Å²) in [5.74, 6) is 0.774. The molecule has 1 saturated carbocycles. The van der Waals surface area contributed by atoms with Gasteiger partial charge in [-0.2, -0.15) is 0 Å². The lowest BCUT2D eigenvalue weighted by Crippen LogP contribution is -2.47. The second-order valence-corrected chi connectivity index (χ2v) is 7.30. The molecule has 0 radical (unpaired) electrons. The third-order valence-corrected chi connectivity index (χ3v) is 4.87. The van der Waals surface area contributed by atoms with E-state index in [-0.39, 0.29) is 0 Å². The molecule has 1 rings (SSSR count). The highest BCUT2D eigenvalue weighted by atomic mass is 16.5. The smallest absolute Gasteiger partial charge is 0.0589 e. The minimum absolute atomic E-state index is 0.434. The van der Waals surface area contributed by atoms with E-state index < -0.39 is 0 Å². The van der Waals surface area contributed by atoms with E-state index in [1.54, 1.807) is 7.11 Å². The molecule has 0 bridgehead atoms. The molecule has 1 aliphatic carbocycles. The molecular weight excluding hydrogens is 248 g/mol. The van der Waals surface area contributed by atoms with Gasteiger partial charge in [-0.1, -0.05) is 20.8 Å². The maximum atomic E-state index is 5.26. The molecule has 120 valence electrons. The van der Waals surface area contributed by atoms with E-state index in [0.717, 1.165) is 25.6 Å². The first-order valence-electron chi connectivity index (χ1n) is 8.38. The zero-order valence-electron chi connectivity index (χ0n) is 14.5. The first-order chi connectivity index (χ1) is 9.42. The topological polar surface area (TPSA) is 24.5 Å². The number of hydrogen-bond donors (Lipinski definition) is 1. The second-order valence-electron chi connectivity index (χ2n) is 7.30. The van der Waals surface area contributed by atoms with Gasteiger partial charge in [0.2, 0.25) is 0 Å². The molecule has 0 aliphatic heterocycles. The molecule has 0 aromatic rings. The van der Waals surface area contributed by atoms with Crippen molar-refractivity contribution in [2.75, 3.05) is 33.4 Å². The molecule has 0 aromatic carbocycles. The van der Waals surface area contributed by atoms with Crippen molar-refractivity contribution in [2.45, 2.75) is 66.0 Å². The van der Waals surface area contributed by atoms with Crippen LogP contribution in [-0.4, -0.2) is 50.3 Å². The van der Waals surface area contributed by atoms with Crippen molar-refractivity contribution in [1.29, 1.82) is 0 Å². The normalized spacial score (nSPS) is 25.8. The maximum Gasteiger partial charge on any atom is 0.0589 e. The van der Waals surface area contributed by atoms with Crippen molar-refractivity contribution in [1.82, 2.24) is 10.2 Å². The van der Waals surface area contributed by atoms with Crippen LogP contribution in [0.5, 0.6) is 0 Å². The molecule has 3 nitrogen and oxygen atoms in total. The Bertz CT molecular complexity index is 266. The van der Waals surface area contributed by atoms with E-state index in [2.05, 4.69) is 44.8 Å². The molecule has 0 aromatic heterocycles. The van der Waals surface area contributed by atoms with E-state index in [4.69, 9.17) is 4.74 Å². The Morgan fingerprint density at radius 2 is 2.05 bits per heavy atom. The highest BCUT2D eigenvalue weighted by Crippen LogP contribution is 2.41. The van der Waals surface area contributed by atoms with Crippen molar-refractivity contribution in [3.05, 3.63) is 0 Å². The molecule has 2 atom stereocenters. The predicted octanol–water partition coefficient (Wildman–Crippen LogP) is 3.15. The summed E-state index contributed by atoms with van der Waals surface area (Å²) in [6.45, 7) is 15.9. The van der Waals surface area contributed by atoms with Gasteiger partial charge < -0.3 is 10.1 Å². The Morgan fingerprint density at radius 3 is 2.60 bits per heavy atom. The zero-order chi connectivity index (χ0) is 15.2. The van der Waals surface area contributed by atoms with Crippen LogP contribution in [0.25, 0.3) is 0 Å². The lowest BCUT2D eigenvalue weighted by molar-refractivity contribution is 0.107. The van der Waals surface area contributed by atoms with E-state index in [9.17, 15) is 0 Å². The van der Waals surface area contributed by atoms with Gasteiger partial charge in [-0.25, -0.2) is 0 Å². The number of rotatable bonds is 9. The van der Waals surface area contributed by atoms with Crippen LogP contribution in [0.15, 0.2) is 0 Å². The first-order valence-corrected chi connectivity index (χ1v) is 8.38. The molecule has 0 spiro atoms. The number of methoxy groups -OCH3 is 1. The zero-order valence-corrected chi connectivity index (χ0v) is 14.5. The summed E-state index contributed by atoms with van der Waals surface area (Å²) >= 11 is 0. The van der Waals surface area contributed by atoms with Crippen molar-refractivity contribution in [3.63, 3.8) is 0 Å². The molecule has 1 N–H and O–H groups in total. The van der Waals surface area contributed by atoms with Crippen LogP contribution < -0.4 is 5.32 Å². The van der Waals surface area contributed by atoms with Gasteiger partial charge >= 0.3 is 0 Å². The minimum Gasteiger partial charge on any atom is -0.383 e. The van der Waals surface area contributed by atoms with Crippen LogP contribution in [0.4, 0.5) is 0 Å². The van der Waals surface area contributed by atoms with Crippen molar-refractivity contribution < 1.29 is 4.74 Å². The molecule has 20 heavy (non-hydrogen) atoms. The Balaban J connectivity index is 2.62. The summed E-state index contributed by atoms with van der Waals surface area (Å²) < 4.78 is 5.26. The quantitative estimate of drug-likeness (QED) is 0.704. The maximum absolute atomic E-state index is 5.26. The molecular formula is C17H36N2O. The van der Waals surface area contributed by atoms with Crippen molar-refractivity contribution in [2.24, 2.45) is 11.3 Å². The van der Waals surface area contributed by atoms with E-state index in [1.165, 1.54) is 25.8 Å². The predicted molar refractivity (Wildman–Crippen MR) is 87.2 cm³/mol. The van der Waals surface area contributed by atoms with Crippen molar-refractivity contribution in [3.8, 4) is 0 Å². The van der Waals surface area contributed by atoms with Gasteiger partial charge in [-0.05, 0) is 51.0 Å². The third kappa shape index (κ3) is 5.01. The van der Waals surface area contributed by atoms with Crippen LogP contribution in [-0.2, 0) is 4.74 Å². The summed E-state index contributed by atoms with van der Waals surface area (Å²) in [5.41, 5.74) is 0.434. The summed E-state index contributed by atoms with van der Waals surface area (Å²) in [6, 6.07) is 1.26. The van der Waals surface area contributed by atoms with Gasteiger partial charge in [0.1, 0.15) is 0 Å². The fourth-order valence-electron chi connectivity index (χ4n) is 3.53. The summed E-state index contributed by atoms with van der Waals surface area (Å²) in [6.07, 6.45) is 3.91. The number of nitrogens with one attached hydrogen (secondary N) is 1. The minimum atomic E-state index is 0.434. The fourth-order valence-corrected chi connectivity index (χ4v) is 3.53. The summed E-state index contributed by atoms with van der Waals surface area (Å²) in [4.78, 5) is 2.58. The molecule has 3 heteroatoms. The molecule has 1 aliphatic rings. The number of nitrogens with zero attached hydrogens (tertiary/aromatic N) is 1. The molecule has 0 saturated heterocycles. The second kappa shape index (κ2) is 8.35. The average molecular weight is 284 g/mol. The Labute approximate surface area is 126 Å². The van der Waals surface area contributed by atoms with Gasteiger partial charge in [0.25, 0.3) is 0 Å². The molecule has 0 amide bonds. The Hall–Kier alpha value is -0.120. The van der Waals surface area contributed by atoms with Gasteiger partial charge in [0, 0.05) is 32.3 Å². The Kier molecular flexibility index (Phi) is 7.49. The van der Waals surface area contributed by atoms with Crippen LogP contribution in [0.3, 0.4) is 0 Å². The van der Waals surface area contributed by atoms with Gasteiger partial charge in [0.05, 0.1) is 6.61 Å². The van der Waals surface area contributed by atoms with E-state index in [0.29, 0.717) is 17.5 Å². The summed E-state index contributed by atoms with van der Waals surface area (Å²) in [5, 5.41) is 3.81. The largest absolute Gasteiger partial charge is 0.383 e. The fraction of sp³-hybridized carbons (Fsp3) is 1.00. The Morgan fingerprint density at radius 1 is 1.35 bits per heavy atom. The summed E-state index contributed by atoms with van der Waals surface area (Å²) in [7, 11) is 1.79. The van der Waals surface area contributed by atoms with Gasteiger partial charge in [0.15, 0.2) is 0 Å².